The summed E-state index contributed by atoms with van der Waals surface area (Å²) in [6.45, 7) is 2.49. The van der Waals surface area contributed by atoms with Crippen molar-refractivity contribution in [2.75, 3.05) is 19.8 Å². The number of carboxylic acids is 1. The number of carboxylic acid groups (broad SMARTS) is 1. The first-order valence-electron chi connectivity index (χ1n) is 7.19. The number of carbonyl (C=O) groups is 3. The van der Waals surface area contributed by atoms with Crippen LogP contribution in [0, 0.1) is 6.92 Å². The fourth-order valence-electron chi connectivity index (χ4n) is 2.35. The molecule has 0 spiro atoms. The molecule has 2 rings (SSSR count). The normalized spacial score (nSPS) is 18.0. The van der Waals surface area contributed by atoms with Gasteiger partial charge in [0, 0.05) is 24.9 Å². The van der Waals surface area contributed by atoms with Crippen LogP contribution in [0.25, 0.3) is 0 Å². The van der Waals surface area contributed by atoms with Gasteiger partial charge in [-0.2, -0.15) is 0 Å². The molecule has 1 heterocycles. The molecule has 1 atom stereocenters. The second-order valence-electron chi connectivity index (χ2n) is 5.31. The number of rotatable bonds is 5. The van der Waals surface area contributed by atoms with E-state index >= 15 is 0 Å². The third kappa shape index (κ3) is 3.92. The molecule has 1 unspecified atom stereocenters. The van der Waals surface area contributed by atoms with Crippen molar-refractivity contribution >= 4 is 17.7 Å². The van der Waals surface area contributed by atoms with Gasteiger partial charge in [-0.05, 0) is 6.92 Å². The van der Waals surface area contributed by atoms with E-state index in [1.54, 1.807) is 12.1 Å². The summed E-state index contributed by atoms with van der Waals surface area (Å²) in [5.41, 5.74) is 1.63. The summed E-state index contributed by atoms with van der Waals surface area (Å²) in [5, 5.41) is 9.10. The predicted molar refractivity (Wildman–Crippen MR) is 78.7 cm³/mol. The zero-order valence-electron chi connectivity index (χ0n) is 12.4. The first-order chi connectivity index (χ1) is 10.5. The Morgan fingerprint density at radius 2 is 1.91 bits per heavy atom. The third-order valence-electron chi connectivity index (χ3n) is 3.67. The maximum Gasteiger partial charge on any atom is 0.328 e. The van der Waals surface area contributed by atoms with Crippen LogP contribution in [0.5, 0.6) is 0 Å². The van der Waals surface area contributed by atoms with E-state index in [1.165, 1.54) is 4.90 Å². The van der Waals surface area contributed by atoms with Crippen LogP contribution >= 0.6 is 0 Å². The molecule has 1 fully saturated rings. The third-order valence-corrected chi connectivity index (χ3v) is 3.67. The number of hydrogen-bond donors (Lipinski definition) is 1. The second kappa shape index (κ2) is 7.17. The first kappa shape index (κ1) is 16.2. The number of nitrogens with zero attached hydrogens (tertiary/aromatic N) is 1. The van der Waals surface area contributed by atoms with Gasteiger partial charge in [-0.25, -0.2) is 4.79 Å². The molecule has 0 aliphatic carbocycles. The molecule has 1 N–H and O–H groups in total. The van der Waals surface area contributed by atoms with Crippen molar-refractivity contribution in [3.8, 4) is 0 Å². The van der Waals surface area contributed by atoms with Crippen molar-refractivity contribution in [2.24, 2.45) is 0 Å². The maximum absolute atomic E-state index is 12.2. The van der Waals surface area contributed by atoms with Crippen LogP contribution in [0.1, 0.15) is 28.8 Å². The largest absolute Gasteiger partial charge is 0.480 e. The average molecular weight is 305 g/mol. The van der Waals surface area contributed by atoms with Crippen LogP contribution in [0.3, 0.4) is 0 Å². The van der Waals surface area contributed by atoms with Crippen LogP contribution < -0.4 is 0 Å². The predicted octanol–water partition coefficient (Wildman–Crippen LogP) is 1.27. The van der Waals surface area contributed by atoms with Gasteiger partial charge in [0.15, 0.2) is 11.8 Å². The van der Waals surface area contributed by atoms with E-state index in [0.717, 1.165) is 5.56 Å². The molecular weight excluding hydrogens is 286 g/mol. The van der Waals surface area contributed by atoms with Gasteiger partial charge in [0.25, 0.3) is 0 Å². The SMILES string of the molecule is Cc1ccc(C(=O)CCC(=O)N2CCOCC2C(=O)O)cc1. The lowest BCUT2D eigenvalue weighted by molar-refractivity contribution is -0.158. The van der Waals surface area contributed by atoms with Gasteiger partial charge in [0.2, 0.25) is 5.91 Å². The lowest BCUT2D eigenvalue weighted by Gasteiger charge is -2.32. The highest BCUT2D eigenvalue weighted by Crippen LogP contribution is 2.13. The van der Waals surface area contributed by atoms with Gasteiger partial charge in [-0.1, -0.05) is 29.8 Å². The van der Waals surface area contributed by atoms with Gasteiger partial charge in [-0.15, -0.1) is 0 Å². The van der Waals surface area contributed by atoms with Crippen LogP contribution in [0.15, 0.2) is 24.3 Å². The quantitative estimate of drug-likeness (QED) is 0.828. The highest BCUT2D eigenvalue weighted by Gasteiger charge is 2.32. The van der Waals surface area contributed by atoms with E-state index in [-0.39, 0.29) is 37.7 Å². The Kier molecular flexibility index (Phi) is 5.27. The number of hydrogen-bond acceptors (Lipinski definition) is 4. The van der Waals surface area contributed by atoms with E-state index in [2.05, 4.69) is 0 Å². The van der Waals surface area contributed by atoms with Gasteiger partial charge in [-0.3, -0.25) is 9.59 Å². The summed E-state index contributed by atoms with van der Waals surface area (Å²) in [7, 11) is 0. The number of carbonyl (C=O) groups excluding carboxylic acids is 2. The molecule has 1 saturated heterocycles. The Bertz CT molecular complexity index is 566. The number of Topliss-reactive ketones (excluding diaryl/α,β-unsaturated/α-hetero) is 1. The molecule has 1 aliphatic heterocycles. The lowest BCUT2D eigenvalue weighted by atomic mass is 10.0. The molecule has 0 radical (unpaired) electrons. The summed E-state index contributed by atoms with van der Waals surface area (Å²) >= 11 is 0. The number of morpholine rings is 1. The van der Waals surface area contributed by atoms with Gasteiger partial charge in [0.1, 0.15) is 0 Å². The summed E-state index contributed by atoms with van der Waals surface area (Å²) in [6.07, 6.45) is 0.0854. The number of amides is 1. The minimum Gasteiger partial charge on any atom is -0.480 e. The van der Waals surface area contributed by atoms with Crippen molar-refractivity contribution in [1.29, 1.82) is 0 Å². The Morgan fingerprint density at radius 1 is 1.23 bits per heavy atom. The van der Waals surface area contributed by atoms with Crippen molar-refractivity contribution in [1.82, 2.24) is 4.90 Å². The monoisotopic (exact) mass is 305 g/mol. The standard InChI is InChI=1S/C16H19NO5/c1-11-2-4-12(5-3-11)14(18)6-7-15(19)17-8-9-22-10-13(17)16(20)21/h2-5,13H,6-10H2,1H3,(H,20,21). The fraction of sp³-hybridized carbons (Fsp3) is 0.438. The Labute approximate surface area is 128 Å². The number of ether oxygens (including phenoxy) is 1. The smallest absolute Gasteiger partial charge is 0.328 e. The molecule has 0 aromatic heterocycles. The van der Waals surface area contributed by atoms with E-state index in [9.17, 15) is 14.4 Å². The topological polar surface area (TPSA) is 83.9 Å². The molecule has 1 aliphatic rings. The van der Waals surface area contributed by atoms with Crippen molar-refractivity contribution in [2.45, 2.75) is 25.8 Å². The molecule has 1 amide bonds. The summed E-state index contributed by atoms with van der Waals surface area (Å²) < 4.78 is 5.09. The van der Waals surface area contributed by atoms with E-state index in [4.69, 9.17) is 9.84 Å². The lowest BCUT2D eigenvalue weighted by Crippen LogP contribution is -2.52. The second-order valence-corrected chi connectivity index (χ2v) is 5.31. The fourth-order valence-corrected chi connectivity index (χ4v) is 2.35. The van der Waals surface area contributed by atoms with Crippen LogP contribution in [-0.4, -0.2) is 53.5 Å². The Morgan fingerprint density at radius 3 is 2.55 bits per heavy atom. The zero-order chi connectivity index (χ0) is 16.1. The summed E-state index contributed by atoms with van der Waals surface area (Å²) in [6, 6.07) is 6.19. The van der Waals surface area contributed by atoms with Gasteiger partial charge in [0.05, 0.1) is 13.2 Å². The summed E-state index contributed by atoms with van der Waals surface area (Å²) in [5.74, 6) is -1.53. The Balaban J connectivity index is 1.92. The number of benzene rings is 1. The minimum atomic E-state index is -1.09. The molecule has 1 aromatic carbocycles. The minimum absolute atomic E-state index is 0.00696. The molecule has 118 valence electrons. The molecule has 22 heavy (non-hydrogen) atoms. The van der Waals surface area contributed by atoms with Crippen LogP contribution in [0.4, 0.5) is 0 Å². The van der Waals surface area contributed by atoms with E-state index in [0.29, 0.717) is 12.2 Å². The molecule has 6 nitrogen and oxygen atoms in total. The van der Waals surface area contributed by atoms with Crippen LogP contribution in [-0.2, 0) is 14.3 Å². The molecule has 6 heteroatoms. The van der Waals surface area contributed by atoms with Crippen molar-refractivity contribution < 1.29 is 24.2 Å². The summed E-state index contributed by atoms with van der Waals surface area (Å²) in [4.78, 5) is 36.6. The molecule has 0 bridgehead atoms. The first-order valence-corrected chi connectivity index (χ1v) is 7.19. The van der Waals surface area contributed by atoms with Crippen LogP contribution in [0.2, 0.25) is 0 Å². The Hall–Kier alpha value is -2.21. The highest BCUT2D eigenvalue weighted by molar-refractivity contribution is 5.98. The average Bonchev–Trinajstić information content (AvgIpc) is 2.53. The zero-order valence-corrected chi connectivity index (χ0v) is 12.4. The number of ketones is 1. The highest BCUT2D eigenvalue weighted by atomic mass is 16.5. The van der Waals surface area contributed by atoms with Crippen molar-refractivity contribution in [3.63, 3.8) is 0 Å². The number of aliphatic carboxylic acids is 1. The van der Waals surface area contributed by atoms with Gasteiger partial charge >= 0.3 is 5.97 Å². The molecular formula is C16H19NO5. The molecule has 1 aromatic rings. The van der Waals surface area contributed by atoms with Gasteiger partial charge < -0.3 is 14.7 Å². The van der Waals surface area contributed by atoms with E-state index < -0.39 is 12.0 Å². The number of aryl methyl sites for hydroxylation is 1. The van der Waals surface area contributed by atoms with Crippen molar-refractivity contribution in [3.05, 3.63) is 35.4 Å². The maximum atomic E-state index is 12.2. The molecule has 0 saturated carbocycles. The van der Waals surface area contributed by atoms with E-state index in [1.807, 2.05) is 19.1 Å².